The highest BCUT2D eigenvalue weighted by atomic mass is 32.1. The second-order valence-corrected chi connectivity index (χ2v) is 5.04. The number of methoxy groups -OCH3 is 1. The molecule has 0 aromatic carbocycles. The highest BCUT2D eigenvalue weighted by Crippen LogP contribution is 2.14. The lowest BCUT2D eigenvalue weighted by Crippen LogP contribution is -2.35. The van der Waals surface area contributed by atoms with Gasteiger partial charge in [0.25, 0.3) is 0 Å². The molecule has 16 heavy (non-hydrogen) atoms. The van der Waals surface area contributed by atoms with Crippen molar-refractivity contribution in [2.24, 2.45) is 5.73 Å². The first-order valence-electron chi connectivity index (χ1n) is 5.45. The van der Waals surface area contributed by atoms with E-state index in [4.69, 9.17) is 10.5 Å². The smallest absolute Gasteiger partial charge is 0.0798 e. The van der Waals surface area contributed by atoms with Gasteiger partial charge >= 0.3 is 0 Å². The molecule has 0 aliphatic heterocycles. The fourth-order valence-corrected chi connectivity index (χ4v) is 2.40. The van der Waals surface area contributed by atoms with Crippen molar-refractivity contribution in [1.29, 1.82) is 0 Å². The molecule has 1 atom stereocenters. The van der Waals surface area contributed by atoms with Crippen LogP contribution in [0.2, 0.25) is 0 Å². The van der Waals surface area contributed by atoms with Crippen molar-refractivity contribution in [2.45, 2.75) is 25.9 Å². The zero-order valence-electron chi connectivity index (χ0n) is 10.3. The van der Waals surface area contributed by atoms with Gasteiger partial charge in [-0.2, -0.15) is 0 Å². The number of aryl methyl sites for hydroxylation is 1. The average Bonchev–Trinajstić information content (AvgIpc) is 2.61. The van der Waals surface area contributed by atoms with Gasteiger partial charge in [0, 0.05) is 37.7 Å². The van der Waals surface area contributed by atoms with Crippen LogP contribution in [0.5, 0.6) is 0 Å². The molecule has 0 radical (unpaired) electrons. The minimum atomic E-state index is 0.179. The van der Waals surface area contributed by atoms with Crippen LogP contribution in [0, 0.1) is 6.92 Å². The first kappa shape index (κ1) is 13.6. The normalized spacial score (nSPS) is 13.3. The number of hydrogen-bond donors (Lipinski definition) is 1. The summed E-state index contributed by atoms with van der Waals surface area (Å²) in [5.74, 6) is 0. The van der Waals surface area contributed by atoms with Gasteiger partial charge in [0.15, 0.2) is 0 Å². The molecule has 1 aromatic heterocycles. The number of nitrogens with zero attached hydrogens (tertiary/aromatic N) is 2. The summed E-state index contributed by atoms with van der Waals surface area (Å²) in [7, 11) is 3.79. The predicted octanol–water partition coefficient (Wildman–Crippen LogP) is 1.25. The fraction of sp³-hybridized carbons (Fsp3) is 0.727. The van der Waals surface area contributed by atoms with Crippen LogP contribution in [-0.2, 0) is 11.3 Å². The SMILES string of the molecule is COCCC(N)CN(C)Cc1scnc1C. The number of aromatic nitrogens is 1. The predicted molar refractivity (Wildman–Crippen MR) is 67.7 cm³/mol. The van der Waals surface area contributed by atoms with Gasteiger partial charge in [-0.3, -0.25) is 4.90 Å². The molecule has 0 saturated carbocycles. The van der Waals surface area contributed by atoms with Crippen molar-refractivity contribution in [3.63, 3.8) is 0 Å². The van der Waals surface area contributed by atoms with Crippen molar-refractivity contribution in [3.05, 3.63) is 16.1 Å². The molecule has 1 unspecified atom stereocenters. The standard InChI is InChI=1S/C11H21N3OS/c1-9-11(16-8-13-9)7-14(2)6-10(12)4-5-15-3/h8,10H,4-7,12H2,1-3H3. The molecule has 0 aliphatic rings. The van der Waals surface area contributed by atoms with E-state index in [1.165, 1.54) is 4.88 Å². The average molecular weight is 243 g/mol. The molecule has 0 aliphatic carbocycles. The molecular weight excluding hydrogens is 222 g/mol. The van der Waals surface area contributed by atoms with Crippen LogP contribution in [0.4, 0.5) is 0 Å². The van der Waals surface area contributed by atoms with Gasteiger partial charge in [-0.1, -0.05) is 0 Å². The summed E-state index contributed by atoms with van der Waals surface area (Å²) in [6, 6.07) is 0.179. The number of nitrogens with two attached hydrogens (primary N) is 1. The van der Waals surface area contributed by atoms with E-state index >= 15 is 0 Å². The maximum Gasteiger partial charge on any atom is 0.0798 e. The van der Waals surface area contributed by atoms with E-state index < -0.39 is 0 Å². The van der Waals surface area contributed by atoms with Crippen LogP contribution in [-0.4, -0.2) is 43.2 Å². The molecular formula is C11H21N3OS. The largest absolute Gasteiger partial charge is 0.385 e. The molecule has 1 heterocycles. The van der Waals surface area contributed by atoms with Crippen molar-refractivity contribution in [2.75, 3.05) is 27.3 Å². The van der Waals surface area contributed by atoms with E-state index in [-0.39, 0.29) is 6.04 Å². The van der Waals surface area contributed by atoms with E-state index in [9.17, 15) is 0 Å². The topological polar surface area (TPSA) is 51.4 Å². The number of rotatable bonds is 7. The maximum absolute atomic E-state index is 5.99. The second kappa shape index (κ2) is 6.96. The van der Waals surface area contributed by atoms with Crippen LogP contribution >= 0.6 is 11.3 Å². The summed E-state index contributed by atoms with van der Waals surface area (Å²) in [5.41, 5.74) is 9.01. The summed E-state index contributed by atoms with van der Waals surface area (Å²) in [4.78, 5) is 7.80. The molecule has 0 amide bonds. The van der Waals surface area contributed by atoms with Crippen LogP contribution in [0.15, 0.2) is 5.51 Å². The molecule has 4 nitrogen and oxygen atoms in total. The molecule has 0 saturated heterocycles. The Morgan fingerprint density at radius 2 is 2.38 bits per heavy atom. The highest BCUT2D eigenvalue weighted by Gasteiger charge is 2.09. The van der Waals surface area contributed by atoms with Crippen molar-refractivity contribution >= 4 is 11.3 Å². The Bertz CT molecular complexity index is 303. The Kier molecular flexibility index (Phi) is 5.90. The van der Waals surface area contributed by atoms with Crippen LogP contribution in [0.1, 0.15) is 17.0 Å². The van der Waals surface area contributed by atoms with Gasteiger partial charge in [-0.05, 0) is 20.4 Å². The molecule has 1 aromatic rings. The quantitative estimate of drug-likeness (QED) is 0.783. The molecule has 5 heteroatoms. The Balaban J connectivity index is 2.30. The summed E-state index contributed by atoms with van der Waals surface area (Å²) in [5, 5.41) is 0. The molecule has 2 N–H and O–H groups in total. The van der Waals surface area contributed by atoms with Crippen molar-refractivity contribution in [3.8, 4) is 0 Å². The molecule has 0 fully saturated rings. The molecule has 0 spiro atoms. The van der Waals surface area contributed by atoms with Gasteiger partial charge in [0.1, 0.15) is 0 Å². The van der Waals surface area contributed by atoms with E-state index in [0.29, 0.717) is 0 Å². The third kappa shape index (κ3) is 4.57. The third-order valence-electron chi connectivity index (χ3n) is 2.50. The molecule has 92 valence electrons. The Morgan fingerprint density at radius 3 is 2.94 bits per heavy atom. The summed E-state index contributed by atoms with van der Waals surface area (Å²) >= 11 is 1.70. The first-order valence-corrected chi connectivity index (χ1v) is 6.33. The van der Waals surface area contributed by atoms with Gasteiger partial charge in [-0.15, -0.1) is 11.3 Å². The van der Waals surface area contributed by atoms with Crippen LogP contribution < -0.4 is 5.73 Å². The van der Waals surface area contributed by atoms with Crippen LogP contribution in [0.25, 0.3) is 0 Å². The van der Waals surface area contributed by atoms with Gasteiger partial charge in [-0.25, -0.2) is 4.98 Å². The zero-order chi connectivity index (χ0) is 12.0. The van der Waals surface area contributed by atoms with E-state index in [1.54, 1.807) is 18.4 Å². The van der Waals surface area contributed by atoms with E-state index in [2.05, 4.69) is 16.9 Å². The van der Waals surface area contributed by atoms with Gasteiger partial charge < -0.3 is 10.5 Å². The second-order valence-electron chi connectivity index (χ2n) is 4.10. The minimum Gasteiger partial charge on any atom is -0.385 e. The first-order chi connectivity index (χ1) is 7.63. The van der Waals surface area contributed by atoms with Crippen molar-refractivity contribution in [1.82, 2.24) is 9.88 Å². The Morgan fingerprint density at radius 1 is 1.62 bits per heavy atom. The number of ether oxygens (including phenoxy) is 1. The fourth-order valence-electron chi connectivity index (χ4n) is 1.55. The minimum absolute atomic E-state index is 0.179. The van der Waals surface area contributed by atoms with E-state index in [1.807, 2.05) is 12.4 Å². The van der Waals surface area contributed by atoms with Crippen LogP contribution in [0.3, 0.4) is 0 Å². The lowest BCUT2D eigenvalue weighted by molar-refractivity contribution is 0.179. The van der Waals surface area contributed by atoms with E-state index in [0.717, 1.165) is 31.8 Å². The zero-order valence-corrected chi connectivity index (χ0v) is 11.1. The highest BCUT2D eigenvalue weighted by molar-refractivity contribution is 7.09. The number of thiazole rings is 1. The maximum atomic E-state index is 5.99. The van der Waals surface area contributed by atoms with Gasteiger partial charge in [0.05, 0.1) is 11.2 Å². The molecule has 0 bridgehead atoms. The Hall–Kier alpha value is -0.490. The summed E-state index contributed by atoms with van der Waals surface area (Å²) in [6.07, 6.45) is 0.905. The van der Waals surface area contributed by atoms with Crippen molar-refractivity contribution < 1.29 is 4.74 Å². The molecule has 1 rings (SSSR count). The summed E-state index contributed by atoms with van der Waals surface area (Å²) < 4.78 is 5.01. The Labute approximate surface area is 101 Å². The third-order valence-corrected chi connectivity index (χ3v) is 3.42. The van der Waals surface area contributed by atoms with Gasteiger partial charge in [0.2, 0.25) is 0 Å². The number of hydrogen-bond acceptors (Lipinski definition) is 5. The monoisotopic (exact) mass is 243 g/mol. The summed E-state index contributed by atoms with van der Waals surface area (Å²) in [6.45, 7) is 4.59. The number of likely N-dealkylation sites (N-methyl/N-ethyl adjacent to an activating group) is 1. The lowest BCUT2D eigenvalue weighted by Gasteiger charge is -2.20. The lowest BCUT2D eigenvalue weighted by atomic mass is 10.2.